The maximum Gasteiger partial charge on any atom is 0.248 e. The fraction of sp³-hybridized carbons (Fsp3) is 0.650. The number of hydrogen-bond acceptors (Lipinski definition) is 4. The Hall–Kier alpha value is -1.43. The molecule has 2 aliphatic heterocycles. The Balaban J connectivity index is 1.40. The maximum atomic E-state index is 12.3. The molecular formula is C20H30N2O3. The number of hydrogen-bond donors (Lipinski definition) is 0. The first-order valence-corrected chi connectivity index (χ1v) is 9.41. The first kappa shape index (κ1) is 18.4. The Kier molecular flexibility index (Phi) is 6.45. The van der Waals surface area contributed by atoms with E-state index in [-0.39, 0.29) is 18.6 Å². The molecule has 0 saturated carbocycles. The van der Waals surface area contributed by atoms with Crippen LogP contribution in [-0.2, 0) is 14.3 Å². The molecule has 3 rings (SSSR count). The summed E-state index contributed by atoms with van der Waals surface area (Å²) in [6.45, 7) is 9.26. The summed E-state index contributed by atoms with van der Waals surface area (Å²) in [6, 6.07) is 9.12. The van der Waals surface area contributed by atoms with Crippen LogP contribution in [0, 0.1) is 6.92 Å². The number of carbonyl (C=O) groups excluding carboxylic acids is 1. The molecule has 5 nitrogen and oxygen atoms in total. The molecule has 0 spiro atoms. The molecule has 0 aliphatic carbocycles. The van der Waals surface area contributed by atoms with Crippen molar-refractivity contribution in [3.05, 3.63) is 35.4 Å². The average molecular weight is 346 g/mol. The largest absolute Gasteiger partial charge is 0.376 e. The van der Waals surface area contributed by atoms with Gasteiger partial charge in [-0.1, -0.05) is 29.8 Å². The van der Waals surface area contributed by atoms with Gasteiger partial charge in [-0.3, -0.25) is 9.69 Å². The van der Waals surface area contributed by atoms with Gasteiger partial charge in [0.1, 0.15) is 6.61 Å². The summed E-state index contributed by atoms with van der Waals surface area (Å²) in [5, 5.41) is 0. The van der Waals surface area contributed by atoms with Gasteiger partial charge < -0.3 is 14.4 Å². The predicted octanol–water partition coefficient (Wildman–Crippen LogP) is 2.40. The number of amides is 1. The highest BCUT2D eigenvalue weighted by Crippen LogP contribution is 2.22. The molecule has 5 heteroatoms. The minimum atomic E-state index is 0.0978. The molecule has 1 aromatic rings. The van der Waals surface area contributed by atoms with Crippen LogP contribution in [0.1, 0.15) is 36.9 Å². The van der Waals surface area contributed by atoms with Gasteiger partial charge in [-0.05, 0) is 32.3 Å². The van der Waals surface area contributed by atoms with Crippen molar-refractivity contribution in [2.45, 2.75) is 38.8 Å². The zero-order valence-electron chi connectivity index (χ0n) is 15.4. The van der Waals surface area contributed by atoms with E-state index in [0.29, 0.717) is 12.6 Å². The topological polar surface area (TPSA) is 42.0 Å². The molecule has 1 aromatic carbocycles. The summed E-state index contributed by atoms with van der Waals surface area (Å²) in [5.74, 6) is 0.0978. The van der Waals surface area contributed by atoms with E-state index in [9.17, 15) is 4.79 Å². The van der Waals surface area contributed by atoms with Gasteiger partial charge in [0.15, 0.2) is 0 Å². The number of carbonyl (C=O) groups is 1. The van der Waals surface area contributed by atoms with E-state index in [4.69, 9.17) is 9.47 Å². The quantitative estimate of drug-likeness (QED) is 0.793. The number of piperazine rings is 1. The Morgan fingerprint density at radius 2 is 1.96 bits per heavy atom. The van der Waals surface area contributed by atoms with Crippen molar-refractivity contribution in [1.82, 2.24) is 9.80 Å². The van der Waals surface area contributed by atoms with E-state index in [1.807, 2.05) is 4.90 Å². The van der Waals surface area contributed by atoms with Gasteiger partial charge >= 0.3 is 0 Å². The molecule has 1 amide bonds. The highest BCUT2D eigenvalue weighted by atomic mass is 16.5. The van der Waals surface area contributed by atoms with Crippen LogP contribution < -0.4 is 0 Å². The molecule has 2 aliphatic rings. The van der Waals surface area contributed by atoms with Crippen LogP contribution in [0.3, 0.4) is 0 Å². The van der Waals surface area contributed by atoms with Gasteiger partial charge in [-0.25, -0.2) is 0 Å². The molecular weight excluding hydrogens is 316 g/mol. The molecule has 25 heavy (non-hydrogen) atoms. The first-order chi connectivity index (χ1) is 12.1. The monoisotopic (exact) mass is 346 g/mol. The number of benzene rings is 1. The van der Waals surface area contributed by atoms with Gasteiger partial charge in [0.25, 0.3) is 0 Å². The minimum absolute atomic E-state index is 0.0978. The van der Waals surface area contributed by atoms with E-state index in [0.717, 1.165) is 45.6 Å². The lowest BCUT2D eigenvalue weighted by atomic mass is 10.0. The van der Waals surface area contributed by atoms with Crippen molar-refractivity contribution in [1.29, 1.82) is 0 Å². The van der Waals surface area contributed by atoms with Crippen LogP contribution >= 0.6 is 0 Å². The van der Waals surface area contributed by atoms with Gasteiger partial charge in [-0.15, -0.1) is 0 Å². The molecule has 2 unspecified atom stereocenters. The predicted molar refractivity (Wildman–Crippen MR) is 97.5 cm³/mol. The van der Waals surface area contributed by atoms with Crippen LogP contribution in [0.15, 0.2) is 24.3 Å². The Morgan fingerprint density at radius 1 is 1.24 bits per heavy atom. The highest BCUT2D eigenvalue weighted by molar-refractivity contribution is 5.77. The normalized spacial score (nSPS) is 23.0. The SMILES string of the molecule is Cc1ccc(C(C)N2CCN(C(=O)COCC3CCCO3)CC2)cc1. The lowest BCUT2D eigenvalue weighted by molar-refractivity contribution is -0.139. The first-order valence-electron chi connectivity index (χ1n) is 9.41. The summed E-state index contributed by atoms with van der Waals surface area (Å²) in [4.78, 5) is 16.7. The van der Waals surface area contributed by atoms with Crippen molar-refractivity contribution in [2.75, 3.05) is 46.0 Å². The van der Waals surface area contributed by atoms with E-state index in [1.165, 1.54) is 11.1 Å². The van der Waals surface area contributed by atoms with Crippen molar-refractivity contribution in [3.8, 4) is 0 Å². The molecule has 138 valence electrons. The number of nitrogens with zero attached hydrogens (tertiary/aromatic N) is 2. The number of rotatable bonds is 6. The van der Waals surface area contributed by atoms with Gasteiger partial charge in [0.2, 0.25) is 5.91 Å². The molecule has 0 aromatic heterocycles. The zero-order chi connectivity index (χ0) is 17.6. The molecule has 2 atom stereocenters. The maximum absolute atomic E-state index is 12.3. The van der Waals surface area contributed by atoms with Gasteiger partial charge in [0, 0.05) is 38.8 Å². The summed E-state index contributed by atoms with van der Waals surface area (Å²) in [5.41, 5.74) is 2.62. The standard InChI is InChI=1S/C20H30N2O3/c1-16-5-7-18(8-6-16)17(2)21-9-11-22(12-10-21)20(23)15-24-14-19-4-3-13-25-19/h5-8,17,19H,3-4,9-15H2,1-2H3. The van der Waals surface area contributed by atoms with Crippen molar-refractivity contribution >= 4 is 5.91 Å². The lowest BCUT2D eigenvalue weighted by Gasteiger charge is -2.38. The van der Waals surface area contributed by atoms with Crippen LogP contribution in [0.25, 0.3) is 0 Å². The Morgan fingerprint density at radius 3 is 2.60 bits per heavy atom. The third kappa shape index (κ3) is 5.03. The van der Waals surface area contributed by atoms with E-state index in [2.05, 4.69) is 43.0 Å². The molecule has 2 saturated heterocycles. The van der Waals surface area contributed by atoms with Crippen LogP contribution in [0.2, 0.25) is 0 Å². The Labute approximate surface area is 150 Å². The van der Waals surface area contributed by atoms with Crippen LogP contribution in [-0.4, -0.2) is 67.8 Å². The van der Waals surface area contributed by atoms with E-state index < -0.39 is 0 Å². The second-order valence-electron chi connectivity index (χ2n) is 7.15. The van der Waals surface area contributed by atoms with Crippen molar-refractivity contribution in [3.63, 3.8) is 0 Å². The minimum Gasteiger partial charge on any atom is -0.376 e. The van der Waals surface area contributed by atoms with Crippen LogP contribution in [0.5, 0.6) is 0 Å². The summed E-state index contributed by atoms with van der Waals surface area (Å²) < 4.78 is 11.1. The summed E-state index contributed by atoms with van der Waals surface area (Å²) >= 11 is 0. The highest BCUT2D eigenvalue weighted by Gasteiger charge is 2.25. The smallest absolute Gasteiger partial charge is 0.248 e. The lowest BCUT2D eigenvalue weighted by Crippen LogP contribution is -2.50. The molecule has 0 bridgehead atoms. The number of aryl methyl sites for hydroxylation is 1. The second-order valence-corrected chi connectivity index (χ2v) is 7.15. The third-order valence-electron chi connectivity index (χ3n) is 5.33. The molecule has 2 heterocycles. The summed E-state index contributed by atoms with van der Waals surface area (Å²) in [7, 11) is 0. The molecule has 2 fully saturated rings. The second kappa shape index (κ2) is 8.79. The zero-order valence-corrected chi connectivity index (χ0v) is 15.4. The summed E-state index contributed by atoms with van der Waals surface area (Å²) in [6.07, 6.45) is 2.33. The van der Waals surface area contributed by atoms with Gasteiger partial charge in [-0.2, -0.15) is 0 Å². The molecule has 0 N–H and O–H groups in total. The van der Waals surface area contributed by atoms with Crippen molar-refractivity contribution in [2.24, 2.45) is 0 Å². The van der Waals surface area contributed by atoms with Crippen LogP contribution in [0.4, 0.5) is 0 Å². The van der Waals surface area contributed by atoms with E-state index >= 15 is 0 Å². The third-order valence-corrected chi connectivity index (χ3v) is 5.33. The van der Waals surface area contributed by atoms with Gasteiger partial charge in [0.05, 0.1) is 12.7 Å². The van der Waals surface area contributed by atoms with E-state index in [1.54, 1.807) is 0 Å². The Bertz CT molecular complexity index is 547. The fourth-order valence-corrected chi connectivity index (χ4v) is 3.56. The average Bonchev–Trinajstić information content (AvgIpc) is 3.15. The van der Waals surface area contributed by atoms with Crippen molar-refractivity contribution < 1.29 is 14.3 Å². The molecule has 0 radical (unpaired) electrons. The number of ether oxygens (including phenoxy) is 2. The fourth-order valence-electron chi connectivity index (χ4n) is 3.56.